The molecule has 0 rings (SSSR count). The molecule has 11 nitrogen and oxygen atoms in total. The molecule has 0 heterocycles. The number of carboxylic acids is 2. The Morgan fingerprint density at radius 1 is 0.885 bits per heavy atom. The van der Waals surface area contributed by atoms with Crippen LogP contribution < -0.4 is 21.7 Å². The van der Waals surface area contributed by atoms with Crippen molar-refractivity contribution in [3.05, 3.63) is 0 Å². The third kappa shape index (κ3) is 8.40. The molecule has 0 saturated heterocycles. The number of rotatable bonds is 11. The molecule has 0 bridgehead atoms. The fraction of sp³-hybridized carbons (Fsp3) is 0.615. The lowest BCUT2D eigenvalue weighted by atomic mass is 10.2. The molecular formula is C13H22N4O7S2. The predicted molar refractivity (Wildman–Crippen MR) is 97.0 cm³/mol. The summed E-state index contributed by atoms with van der Waals surface area (Å²) in [6, 6.07) is -4.86. The van der Waals surface area contributed by atoms with Gasteiger partial charge in [0.05, 0.1) is 12.5 Å². The van der Waals surface area contributed by atoms with Gasteiger partial charge in [-0.1, -0.05) is 0 Å². The first-order chi connectivity index (χ1) is 12.0. The van der Waals surface area contributed by atoms with Crippen LogP contribution in [0.1, 0.15) is 13.3 Å². The van der Waals surface area contributed by atoms with Crippen molar-refractivity contribution in [3.63, 3.8) is 0 Å². The number of carbonyl (C=O) groups is 5. The number of amides is 3. The first-order valence-corrected chi connectivity index (χ1v) is 8.62. The van der Waals surface area contributed by atoms with E-state index in [9.17, 15) is 24.0 Å². The van der Waals surface area contributed by atoms with E-state index in [1.165, 1.54) is 6.92 Å². The molecule has 0 aliphatic heterocycles. The molecule has 13 heteroatoms. The summed E-state index contributed by atoms with van der Waals surface area (Å²) in [5.74, 6) is -5.23. The van der Waals surface area contributed by atoms with Crippen LogP contribution in [-0.2, 0) is 24.0 Å². The van der Waals surface area contributed by atoms with Gasteiger partial charge in [-0.3, -0.25) is 24.0 Å². The highest BCUT2D eigenvalue weighted by molar-refractivity contribution is 7.80. The molecule has 0 spiro atoms. The minimum atomic E-state index is -1.36. The summed E-state index contributed by atoms with van der Waals surface area (Å²) in [4.78, 5) is 57.2. The number of nitrogens with one attached hydrogen (secondary N) is 3. The summed E-state index contributed by atoms with van der Waals surface area (Å²) in [7, 11) is 0. The number of nitrogens with two attached hydrogens (primary N) is 1. The van der Waals surface area contributed by atoms with E-state index in [0.29, 0.717) is 0 Å². The van der Waals surface area contributed by atoms with Crippen molar-refractivity contribution in [2.45, 2.75) is 37.5 Å². The molecule has 0 aromatic carbocycles. The fourth-order valence-corrected chi connectivity index (χ4v) is 2.11. The SMILES string of the molecule is CC(NC(=O)C(CS)NC(=O)C(CS)NC(=O)C(N)CC(=O)O)C(=O)O. The third-order valence-electron chi connectivity index (χ3n) is 3.09. The quantitative estimate of drug-likeness (QED) is 0.168. The Morgan fingerprint density at radius 3 is 1.69 bits per heavy atom. The Labute approximate surface area is 160 Å². The van der Waals surface area contributed by atoms with E-state index in [4.69, 9.17) is 15.9 Å². The van der Waals surface area contributed by atoms with E-state index < -0.39 is 60.2 Å². The molecule has 7 N–H and O–H groups in total. The van der Waals surface area contributed by atoms with Crippen molar-refractivity contribution in [3.8, 4) is 0 Å². The average Bonchev–Trinajstić information content (AvgIpc) is 2.55. The monoisotopic (exact) mass is 410 g/mol. The highest BCUT2D eigenvalue weighted by Crippen LogP contribution is 1.97. The Morgan fingerprint density at radius 2 is 1.31 bits per heavy atom. The summed E-state index contributed by atoms with van der Waals surface area (Å²) in [6.45, 7) is 1.25. The lowest BCUT2D eigenvalue weighted by Crippen LogP contribution is -2.58. The highest BCUT2D eigenvalue weighted by atomic mass is 32.1. The van der Waals surface area contributed by atoms with Gasteiger partial charge < -0.3 is 31.9 Å². The normalized spacial score (nSPS) is 15.1. The number of aliphatic carboxylic acids is 2. The van der Waals surface area contributed by atoms with Crippen molar-refractivity contribution in [2.24, 2.45) is 5.73 Å². The van der Waals surface area contributed by atoms with E-state index in [1.807, 2.05) is 0 Å². The molecule has 0 aromatic heterocycles. The minimum absolute atomic E-state index is 0.129. The molecule has 0 aliphatic carbocycles. The second-order valence-electron chi connectivity index (χ2n) is 5.26. The van der Waals surface area contributed by atoms with E-state index in [0.717, 1.165) is 0 Å². The predicted octanol–water partition coefficient (Wildman–Crippen LogP) is -2.79. The summed E-state index contributed by atoms with van der Waals surface area (Å²) in [5, 5.41) is 24.1. The van der Waals surface area contributed by atoms with Crippen molar-refractivity contribution >= 4 is 54.9 Å². The van der Waals surface area contributed by atoms with Crippen LogP contribution >= 0.6 is 25.3 Å². The molecular weight excluding hydrogens is 388 g/mol. The van der Waals surface area contributed by atoms with Crippen LogP contribution in [0.15, 0.2) is 0 Å². The second kappa shape index (κ2) is 11.6. The topological polar surface area (TPSA) is 188 Å². The molecule has 26 heavy (non-hydrogen) atoms. The van der Waals surface area contributed by atoms with Gasteiger partial charge >= 0.3 is 11.9 Å². The molecule has 4 atom stereocenters. The van der Waals surface area contributed by atoms with Crippen LogP contribution in [0.2, 0.25) is 0 Å². The Bertz CT molecular complexity index is 561. The Balaban J connectivity index is 4.84. The lowest BCUT2D eigenvalue weighted by molar-refractivity contribution is -0.141. The molecule has 0 aromatic rings. The van der Waals surface area contributed by atoms with Gasteiger partial charge in [0.25, 0.3) is 0 Å². The zero-order chi connectivity index (χ0) is 20.4. The number of carboxylic acid groups (broad SMARTS) is 2. The van der Waals surface area contributed by atoms with Gasteiger partial charge in [-0.2, -0.15) is 25.3 Å². The maximum absolute atomic E-state index is 12.2. The number of thiol groups is 2. The first kappa shape index (κ1) is 24.0. The maximum Gasteiger partial charge on any atom is 0.325 e. The van der Waals surface area contributed by atoms with E-state index >= 15 is 0 Å². The zero-order valence-electron chi connectivity index (χ0n) is 13.8. The Hall–Kier alpha value is -1.99. The van der Waals surface area contributed by atoms with E-state index in [2.05, 4.69) is 41.2 Å². The molecule has 148 valence electrons. The van der Waals surface area contributed by atoms with Gasteiger partial charge in [-0.05, 0) is 6.92 Å². The van der Waals surface area contributed by atoms with Crippen LogP contribution in [-0.4, -0.2) is 75.5 Å². The van der Waals surface area contributed by atoms with Crippen LogP contribution in [0.3, 0.4) is 0 Å². The lowest BCUT2D eigenvalue weighted by Gasteiger charge is -2.22. The van der Waals surface area contributed by atoms with Gasteiger partial charge in [-0.15, -0.1) is 0 Å². The van der Waals surface area contributed by atoms with Crippen LogP contribution in [0.25, 0.3) is 0 Å². The summed E-state index contributed by atoms with van der Waals surface area (Å²) in [5.41, 5.74) is 5.40. The van der Waals surface area contributed by atoms with E-state index in [1.54, 1.807) is 0 Å². The Kier molecular flexibility index (Phi) is 10.7. The number of hydrogen-bond donors (Lipinski definition) is 8. The zero-order valence-corrected chi connectivity index (χ0v) is 15.6. The summed E-state index contributed by atoms with van der Waals surface area (Å²) < 4.78 is 0. The average molecular weight is 410 g/mol. The summed E-state index contributed by atoms with van der Waals surface area (Å²) >= 11 is 7.85. The van der Waals surface area contributed by atoms with Crippen molar-refractivity contribution in [1.29, 1.82) is 0 Å². The standard InChI is InChI=1S/C13H22N4O7S2/c1-5(13(23)24)15-11(21)7(3-25)17-12(22)8(4-26)16-10(20)6(14)2-9(18)19/h5-8,25-26H,2-4,14H2,1H3,(H,15,21)(H,16,20)(H,17,22)(H,18,19)(H,23,24). The van der Waals surface area contributed by atoms with Gasteiger partial charge in [0, 0.05) is 11.5 Å². The van der Waals surface area contributed by atoms with Gasteiger partial charge in [0.2, 0.25) is 17.7 Å². The largest absolute Gasteiger partial charge is 0.481 e. The highest BCUT2D eigenvalue weighted by Gasteiger charge is 2.28. The molecule has 0 saturated carbocycles. The third-order valence-corrected chi connectivity index (χ3v) is 3.82. The van der Waals surface area contributed by atoms with Crippen LogP contribution in [0, 0.1) is 0 Å². The van der Waals surface area contributed by atoms with Gasteiger partial charge in [0.1, 0.15) is 18.1 Å². The number of carbonyl (C=O) groups excluding carboxylic acids is 3. The molecule has 0 fully saturated rings. The number of hydrogen-bond acceptors (Lipinski definition) is 8. The van der Waals surface area contributed by atoms with Crippen molar-refractivity contribution in [1.82, 2.24) is 16.0 Å². The maximum atomic E-state index is 12.2. The first-order valence-electron chi connectivity index (χ1n) is 7.36. The molecule has 0 radical (unpaired) electrons. The van der Waals surface area contributed by atoms with Crippen LogP contribution in [0.4, 0.5) is 0 Å². The summed E-state index contributed by atoms with van der Waals surface area (Å²) in [6.07, 6.45) is -0.624. The van der Waals surface area contributed by atoms with Gasteiger partial charge in [0.15, 0.2) is 0 Å². The van der Waals surface area contributed by atoms with Crippen molar-refractivity contribution in [2.75, 3.05) is 11.5 Å². The molecule has 0 aliphatic rings. The molecule has 4 unspecified atom stereocenters. The second-order valence-corrected chi connectivity index (χ2v) is 5.99. The van der Waals surface area contributed by atoms with Crippen LogP contribution in [0.5, 0.6) is 0 Å². The minimum Gasteiger partial charge on any atom is -0.481 e. The smallest absolute Gasteiger partial charge is 0.325 e. The van der Waals surface area contributed by atoms with Gasteiger partial charge in [-0.25, -0.2) is 0 Å². The fourth-order valence-electron chi connectivity index (χ4n) is 1.60. The molecule has 3 amide bonds. The van der Waals surface area contributed by atoms with Crippen molar-refractivity contribution < 1.29 is 34.2 Å². The van der Waals surface area contributed by atoms with E-state index in [-0.39, 0.29) is 11.5 Å².